The molecule has 3 nitrogen and oxygen atoms in total. The summed E-state index contributed by atoms with van der Waals surface area (Å²) in [4.78, 5) is 4.56. The number of nitrogens with zero attached hydrogens (tertiary/aromatic N) is 1. The first-order chi connectivity index (χ1) is 10.2. The van der Waals surface area contributed by atoms with Gasteiger partial charge in [-0.2, -0.15) is 0 Å². The number of hydrogen-bond donors (Lipinski definition) is 1. The van der Waals surface area contributed by atoms with Gasteiger partial charge in [0, 0.05) is 31.1 Å². The Morgan fingerprint density at radius 3 is 2.86 bits per heavy atom. The first kappa shape index (κ1) is 15.8. The van der Waals surface area contributed by atoms with E-state index in [2.05, 4.69) is 23.3 Å². The summed E-state index contributed by atoms with van der Waals surface area (Å²) in [5.41, 5.74) is 3.09. The van der Waals surface area contributed by atoms with Crippen LogP contribution in [0.15, 0.2) is 35.2 Å². The van der Waals surface area contributed by atoms with Gasteiger partial charge in [0.15, 0.2) is 0 Å². The van der Waals surface area contributed by atoms with Gasteiger partial charge >= 0.3 is 0 Å². The number of benzene rings is 1. The molecule has 112 valence electrons. The summed E-state index contributed by atoms with van der Waals surface area (Å²) >= 11 is 1.56. The maximum absolute atomic E-state index is 12.9. The third-order valence-electron chi connectivity index (χ3n) is 2.89. The first-order valence-corrected chi connectivity index (χ1v) is 7.65. The van der Waals surface area contributed by atoms with Crippen molar-refractivity contribution in [1.82, 2.24) is 10.3 Å². The van der Waals surface area contributed by atoms with Crippen molar-refractivity contribution in [3.63, 3.8) is 0 Å². The van der Waals surface area contributed by atoms with Crippen LogP contribution >= 0.6 is 11.3 Å². The van der Waals surface area contributed by atoms with Gasteiger partial charge in [0.1, 0.15) is 10.8 Å². The molecule has 1 N–H and O–H groups in total. The Labute approximate surface area is 128 Å². The number of hydrogen-bond acceptors (Lipinski definition) is 4. The van der Waals surface area contributed by atoms with Gasteiger partial charge in [-0.15, -0.1) is 11.3 Å². The summed E-state index contributed by atoms with van der Waals surface area (Å²) in [6.07, 6.45) is 2.06. The van der Waals surface area contributed by atoms with Gasteiger partial charge in [-0.1, -0.05) is 5.57 Å². The van der Waals surface area contributed by atoms with Gasteiger partial charge in [-0.3, -0.25) is 0 Å². The molecule has 1 aromatic carbocycles. The normalized spacial score (nSPS) is 11.9. The summed E-state index contributed by atoms with van der Waals surface area (Å²) in [6, 6.07) is 6.41. The van der Waals surface area contributed by atoms with Crippen LogP contribution in [0.4, 0.5) is 4.39 Å². The Balaban J connectivity index is 1.97. The van der Waals surface area contributed by atoms with E-state index >= 15 is 0 Å². The first-order valence-electron chi connectivity index (χ1n) is 6.77. The third-order valence-corrected chi connectivity index (χ3v) is 3.80. The molecule has 1 heterocycles. The Hall–Kier alpha value is -1.56. The molecule has 0 spiro atoms. The fourth-order valence-electron chi connectivity index (χ4n) is 1.84. The van der Waals surface area contributed by atoms with Crippen LogP contribution in [0.3, 0.4) is 0 Å². The van der Waals surface area contributed by atoms with E-state index in [4.69, 9.17) is 4.74 Å². The van der Waals surface area contributed by atoms with Gasteiger partial charge in [-0.25, -0.2) is 9.37 Å². The highest BCUT2D eigenvalue weighted by atomic mass is 32.1. The molecule has 0 aliphatic rings. The van der Waals surface area contributed by atoms with Crippen LogP contribution in [-0.2, 0) is 4.74 Å². The Morgan fingerprint density at radius 1 is 1.38 bits per heavy atom. The Kier molecular flexibility index (Phi) is 6.04. The van der Waals surface area contributed by atoms with E-state index in [-0.39, 0.29) is 5.82 Å². The van der Waals surface area contributed by atoms with E-state index in [0.29, 0.717) is 6.61 Å². The summed E-state index contributed by atoms with van der Waals surface area (Å²) in [6.45, 7) is 4.42. The minimum absolute atomic E-state index is 0.228. The molecule has 0 fully saturated rings. The van der Waals surface area contributed by atoms with E-state index in [1.54, 1.807) is 30.6 Å². The minimum atomic E-state index is -0.228. The Bertz CT molecular complexity index is 593. The molecule has 0 aliphatic heterocycles. The van der Waals surface area contributed by atoms with Crippen molar-refractivity contribution in [3.8, 4) is 10.6 Å². The van der Waals surface area contributed by atoms with Crippen LogP contribution in [0.1, 0.15) is 12.6 Å². The molecule has 0 saturated carbocycles. The van der Waals surface area contributed by atoms with E-state index in [1.165, 1.54) is 17.7 Å². The maximum Gasteiger partial charge on any atom is 0.124 e. The second-order valence-electron chi connectivity index (χ2n) is 4.74. The molecule has 2 rings (SSSR count). The van der Waals surface area contributed by atoms with Crippen LogP contribution in [0, 0.1) is 5.82 Å². The topological polar surface area (TPSA) is 34.1 Å². The maximum atomic E-state index is 12.9. The van der Waals surface area contributed by atoms with Crippen LogP contribution in [0.5, 0.6) is 0 Å². The molecule has 5 heteroatoms. The molecular formula is C16H19FN2OS. The molecule has 0 amide bonds. The fraction of sp³-hybridized carbons (Fsp3) is 0.312. The lowest BCUT2D eigenvalue weighted by atomic mass is 10.2. The molecule has 0 bridgehead atoms. The van der Waals surface area contributed by atoms with Gasteiger partial charge in [-0.05, 0) is 37.3 Å². The van der Waals surface area contributed by atoms with E-state index in [1.807, 2.05) is 5.38 Å². The average Bonchev–Trinajstić information content (AvgIpc) is 2.93. The molecule has 2 aromatic rings. The van der Waals surface area contributed by atoms with E-state index in [0.717, 1.165) is 29.4 Å². The second-order valence-corrected chi connectivity index (χ2v) is 5.60. The summed E-state index contributed by atoms with van der Waals surface area (Å²) in [5.74, 6) is -0.228. The van der Waals surface area contributed by atoms with Crippen molar-refractivity contribution < 1.29 is 9.13 Å². The molecule has 0 unspecified atom stereocenters. The van der Waals surface area contributed by atoms with Crippen molar-refractivity contribution in [2.75, 3.05) is 26.8 Å². The smallest absolute Gasteiger partial charge is 0.124 e. The number of nitrogens with one attached hydrogen (secondary N) is 1. The van der Waals surface area contributed by atoms with Gasteiger partial charge < -0.3 is 10.1 Å². The summed E-state index contributed by atoms with van der Waals surface area (Å²) in [7, 11) is 1.69. The van der Waals surface area contributed by atoms with Crippen molar-refractivity contribution in [2.45, 2.75) is 6.92 Å². The number of ether oxygens (including phenoxy) is 1. The van der Waals surface area contributed by atoms with Crippen molar-refractivity contribution >= 4 is 17.4 Å². The fourth-order valence-corrected chi connectivity index (χ4v) is 2.62. The molecule has 0 saturated heterocycles. The molecule has 1 aromatic heterocycles. The van der Waals surface area contributed by atoms with Crippen LogP contribution in [0.25, 0.3) is 16.6 Å². The monoisotopic (exact) mass is 306 g/mol. The summed E-state index contributed by atoms with van der Waals surface area (Å²) in [5, 5.41) is 6.21. The zero-order chi connectivity index (χ0) is 15.1. The quantitative estimate of drug-likeness (QED) is 0.794. The van der Waals surface area contributed by atoms with Crippen molar-refractivity contribution in [2.24, 2.45) is 0 Å². The lowest BCUT2D eigenvalue weighted by Crippen LogP contribution is -2.20. The predicted octanol–water partition coefficient (Wildman–Crippen LogP) is 3.59. The highest BCUT2D eigenvalue weighted by molar-refractivity contribution is 7.13. The lowest BCUT2D eigenvalue weighted by Gasteiger charge is -2.03. The van der Waals surface area contributed by atoms with E-state index < -0.39 is 0 Å². The van der Waals surface area contributed by atoms with Crippen LogP contribution in [0.2, 0.25) is 0 Å². The lowest BCUT2D eigenvalue weighted by molar-refractivity contribution is 0.200. The molecule has 0 radical (unpaired) electrons. The standard InChI is InChI=1S/C16H19FN2OS/c1-12(10-18-7-8-20-2)9-15-11-21-16(19-15)13-3-5-14(17)6-4-13/h3-6,9,11,18H,7-8,10H2,1-2H3. The SMILES string of the molecule is COCCNCC(C)=Cc1csc(-c2ccc(F)cc2)n1. The van der Waals surface area contributed by atoms with Crippen molar-refractivity contribution in [3.05, 3.63) is 46.7 Å². The second kappa shape index (κ2) is 8.02. The predicted molar refractivity (Wildman–Crippen MR) is 85.9 cm³/mol. The zero-order valence-electron chi connectivity index (χ0n) is 12.2. The number of aromatic nitrogens is 1. The highest BCUT2D eigenvalue weighted by Crippen LogP contribution is 2.24. The summed E-state index contributed by atoms with van der Waals surface area (Å²) < 4.78 is 17.9. The van der Waals surface area contributed by atoms with Crippen LogP contribution in [-0.4, -0.2) is 31.8 Å². The van der Waals surface area contributed by atoms with Crippen LogP contribution < -0.4 is 5.32 Å². The van der Waals surface area contributed by atoms with Gasteiger partial charge in [0.05, 0.1) is 12.3 Å². The van der Waals surface area contributed by atoms with Crippen molar-refractivity contribution in [1.29, 1.82) is 0 Å². The molecule has 21 heavy (non-hydrogen) atoms. The number of methoxy groups -OCH3 is 1. The molecule has 0 atom stereocenters. The third kappa shape index (κ3) is 5.04. The van der Waals surface area contributed by atoms with E-state index in [9.17, 15) is 4.39 Å². The molecular weight excluding hydrogens is 287 g/mol. The zero-order valence-corrected chi connectivity index (χ0v) is 13.0. The minimum Gasteiger partial charge on any atom is -0.383 e. The molecule has 0 aliphatic carbocycles. The van der Waals surface area contributed by atoms with Gasteiger partial charge in [0.2, 0.25) is 0 Å². The number of rotatable bonds is 7. The highest BCUT2D eigenvalue weighted by Gasteiger charge is 2.04. The Morgan fingerprint density at radius 2 is 2.14 bits per heavy atom. The van der Waals surface area contributed by atoms with Gasteiger partial charge in [0.25, 0.3) is 0 Å². The largest absolute Gasteiger partial charge is 0.383 e. The number of halogens is 1. The average molecular weight is 306 g/mol. The number of thiazole rings is 1.